The standard InChI is InChI=1S/C8H6O4.K.H/c9-7(10)5-3-1-2-4-6(5)8(11)12;;/h1-4H,(H,9,10)(H,11,12);;/q;+1;-1/p+1. The summed E-state index contributed by atoms with van der Waals surface area (Å²) in [7, 11) is 0. The maximum absolute atomic E-state index is 10.5. The van der Waals surface area contributed by atoms with Crippen LogP contribution in [0.4, 0.5) is 0 Å². The van der Waals surface area contributed by atoms with Gasteiger partial charge in [0.15, 0.2) is 0 Å². The molecule has 0 aliphatic carbocycles. The average molecular weight is 207 g/mol. The Morgan fingerprint density at radius 3 is 1.62 bits per heavy atom. The van der Waals surface area contributed by atoms with Gasteiger partial charge in [0.2, 0.25) is 0 Å². The van der Waals surface area contributed by atoms with E-state index < -0.39 is 11.9 Å². The summed E-state index contributed by atoms with van der Waals surface area (Å²) in [5, 5.41) is 17.1. The Morgan fingerprint density at radius 1 is 1.08 bits per heavy atom. The summed E-state index contributed by atoms with van der Waals surface area (Å²) in [6.07, 6.45) is 0. The number of benzene rings is 1. The normalized spacial score (nSPS) is 8.62. The Hall–Kier alpha value is -0.204. The molecule has 64 valence electrons. The molecule has 0 aliphatic heterocycles. The molecule has 0 aromatic heterocycles. The van der Waals surface area contributed by atoms with Gasteiger partial charge in [-0.05, 0) is 12.1 Å². The van der Waals surface area contributed by atoms with Gasteiger partial charge in [0, 0.05) is 0 Å². The van der Waals surface area contributed by atoms with E-state index in [4.69, 9.17) is 10.2 Å². The first-order chi connectivity index (χ1) is 5.63. The number of aromatic carboxylic acids is 2. The van der Waals surface area contributed by atoms with Crippen molar-refractivity contribution >= 4 is 11.9 Å². The molecule has 1 aromatic carbocycles. The Balaban J connectivity index is -0.000000480. The third-order valence-corrected chi connectivity index (χ3v) is 1.39. The molecule has 13 heavy (non-hydrogen) atoms. The van der Waals surface area contributed by atoms with Crippen LogP contribution in [0.15, 0.2) is 24.3 Å². The fourth-order valence-electron chi connectivity index (χ4n) is 0.856. The minimum absolute atomic E-state index is 0. The summed E-state index contributed by atoms with van der Waals surface area (Å²) < 4.78 is 0. The van der Waals surface area contributed by atoms with Crippen LogP contribution in [0.2, 0.25) is 0 Å². The summed E-state index contributed by atoms with van der Waals surface area (Å²) in [5.74, 6) is -2.46. The van der Waals surface area contributed by atoms with E-state index in [9.17, 15) is 9.59 Å². The maximum Gasteiger partial charge on any atom is 1.00 e. The second kappa shape index (κ2) is 5.51. The van der Waals surface area contributed by atoms with Crippen molar-refractivity contribution in [1.82, 2.24) is 0 Å². The molecule has 0 spiro atoms. The van der Waals surface area contributed by atoms with Crippen molar-refractivity contribution < 1.29 is 74.0 Å². The molecule has 5 heteroatoms. The third kappa shape index (κ3) is 3.20. The molecular weight excluding hydrogens is 199 g/mol. The van der Waals surface area contributed by atoms with Crippen LogP contribution in [0.25, 0.3) is 0 Å². The summed E-state index contributed by atoms with van der Waals surface area (Å²) >= 11 is 0. The first-order valence-electron chi connectivity index (χ1n) is 3.18. The fourth-order valence-corrected chi connectivity index (χ4v) is 0.856. The van der Waals surface area contributed by atoms with E-state index in [0.29, 0.717) is 0 Å². The number of hydrogen-bond acceptors (Lipinski definition) is 2. The van der Waals surface area contributed by atoms with Crippen LogP contribution < -0.4 is 51.4 Å². The Morgan fingerprint density at radius 2 is 1.38 bits per heavy atom. The second-order valence-electron chi connectivity index (χ2n) is 2.16. The monoisotopic (exact) mass is 207 g/mol. The maximum atomic E-state index is 10.5. The molecule has 2 N–H and O–H groups in total. The molecule has 0 amide bonds. The molecule has 0 aliphatic rings. The Kier molecular flexibility index (Phi) is 5.42. The minimum atomic E-state index is -1.23. The predicted molar refractivity (Wildman–Crippen MR) is 42.6 cm³/mol. The van der Waals surface area contributed by atoms with Crippen molar-refractivity contribution in [3.8, 4) is 0 Å². The number of hydrogen-bond donors (Lipinski definition) is 2. The van der Waals surface area contributed by atoms with Gasteiger partial charge < -0.3 is 11.6 Å². The van der Waals surface area contributed by atoms with Gasteiger partial charge in [0.1, 0.15) is 0 Å². The molecule has 0 bridgehead atoms. The van der Waals surface area contributed by atoms with Gasteiger partial charge in [-0.25, -0.2) is 9.59 Å². The molecular formula is C8H8KO4+. The summed E-state index contributed by atoms with van der Waals surface area (Å²) in [6.45, 7) is 0. The second-order valence-corrected chi connectivity index (χ2v) is 2.16. The topological polar surface area (TPSA) is 74.6 Å². The largest absolute Gasteiger partial charge is 1.00 e. The molecule has 1 aromatic rings. The molecule has 0 radical (unpaired) electrons. The number of carboxylic acid groups (broad SMARTS) is 2. The van der Waals surface area contributed by atoms with E-state index in [1.54, 1.807) is 0 Å². The van der Waals surface area contributed by atoms with E-state index in [1.807, 2.05) is 0 Å². The zero-order chi connectivity index (χ0) is 9.14. The van der Waals surface area contributed by atoms with E-state index in [2.05, 4.69) is 0 Å². The molecule has 0 unspecified atom stereocenters. The van der Waals surface area contributed by atoms with Crippen molar-refractivity contribution in [2.24, 2.45) is 0 Å². The van der Waals surface area contributed by atoms with Crippen LogP contribution in [-0.2, 0) is 0 Å². The van der Waals surface area contributed by atoms with Gasteiger partial charge >= 0.3 is 64.7 Å². The van der Waals surface area contributed by atoms with Crippen molar-refractivity contribution in [2.45, 2.75) is 0 Å². The molecule has 0 saturated heterocycles. The fraction of sp³-hybridized carbons (Fsp3) is 0. The number of rotatable bonds is 2. The van der Waals surface area contributed by atoms with Crippen LogP contribution in [-0.4, -0.2) is 22.2 Å². The van der Waals surface area contributed by atoms with Gasteiger partial charge in [-0.15, -0.1) is 0 Å². The summed E-state index contributed by atoms with van der Waals surface area (Å²) in [5.41, 5.74) is -0.380. The van der Waals surface area contributed by atoms with Gasteiger partial charge in [0.05, 0.1) is 11.1 Å². The zero-order valence-electron chi connectivity index (χ0n) is 9.02. The number of carboxylic acids is 2. The van der Waals surface area contributed by atoms with Crippen LogP contribution >= 0.6 is 0 Å². The van der Waals surface area contributed by atoms with E-state index >= 15 is 0 Å². The van der Waals surface area contributed by atoms with Gasteiger partial charge in [-0.1, -0.05) is 12.1 Å². The van der Waals surface area contributed by atoms with Crippen LogP contribution in [0, 0.1) is 0 Å². The van der Waals surface area contributed by atoms with Crippen LogP contribution in [0.5, 0.6) is 0 Å². The van der Waals surface area contributed by atoms with Crippen molar-refractivity contribution in [1.29, 1.82) is 0 Å². The first kappa shape index (κ1) is 12.8. The molecule has 1 rings (SSSR count). The Labute approximate surface area is 120 Å². The average Bonchev–Trinajstić information content (AvgIpc) is 2.04. The van der Waals surface area contributed by atoms with Gasteiger partial charge in [-0.2, -0.15) is 0 Å². The summed E-state index contributed by atoms with van der Waals surface area (Å²) in [6, 6.07) is 5.48. The van der Waals surface area contributed by atoms with Crippen molar-refractivity contribution in [3.05, 3.63) is 35.4 Å². The van der Waals surface area contributed by atoms with Gasteiger partial charge in [-0.3, -0.25) is 0 Å². The van der Waals surface area contributed by atoms with E-state index in [0.717, 1.165) is 0 Å². The molecule has 0 atom stereocenters. The van der Waals surface area contributed by atoms with E-state index in [-0.39, 0.29) is 65.4 Å². The molecule has 0 heterocycles. The minimum Gasteiger partial charge on any atom is -1.00 e. The quantitative estimate of drug-likeness (QED) is 0.568. The molecule has 0 saturated carbocycles. The third-order valence-electron chi connectivity index (χ3n) is 1.39. The van der Waals surface area contributed by atoms with E-state index in [1.165, 1.54) is 24.3 Å². The van der Waals surface area contributed by atoms with Crippen molar-refractivity contribution in [2.75, 3.05) is 0 Å². The Bertz CT molecular complexity index is 310. The van der Waals surface area contributed by atoms with Crippen LogP contribution in [0.3, 0.4) is 0 Å². The van der Waals surface area contributed by atoms with Gasteiger partial charge in [0.25, 0.3) is 0 Å². The smallest absolute Gasteiger partial charge is 1.00 e. The SMILES string of the molecule is O=C(O)c1ccccc1C(=O)O.[H+].[H-].[K+]. The summed E-state index contributed by atoms with van der Waals surface area (Å²) in [4.78, 5) is 20.9. The number of carbonyl (C=O) groups is 2. The zero-order valence-corrected chi connectivity index (χ0v) is 10.1. The predicted octanol–water partition coefficient (Wildman–Crippen LogP) is -1.69. The molecule has 4 nitrogen and oxygen atoms in total. The van der Waals surface area contributed by atoms with Crippen molar-refractivity contribution in [3.63, 3.8) is 0 Å². The van der Waals surface area contributed by atoms with Crippen LogP contribution in [0.1, 0.15) is 23.6 Å². The molecule has 0 fully saturated rings. The first-order valence-corrected chi connectivity index (χ1v) is 3.18.